The third-order valence-electron chi connectivity index (χ3n) is 4.61. The lowest BCUT2D eigenvalue weighted by atomic mass is 10.2. The summed E-state index contributed by atoms with van der Waals surface area (Å²) in [4.78, 5) is 4.57. The van der Waals surface area contributed by atoms with E-state index >= 15 is 0 Å². The highest BCUT2D eigenvalue weighted by Gasteiger charge is 2.14. The minimum Gasteiger partial charge on any atom is -0.252 e. The van der Waals surface area contributed by atoms with Crippen LogP contribution >= 0.6 is 22.9 Å². The Morgan fingerprint density at radius 2 is 1.84 bits per heavy atom. The van der Waals surface area contributed by atoms with Gasteiger partial charge in [0.25, 0.3) is 0 Å². The number of benzene rings is 2. The quantitative estimate of drug-likeness (QED) is 0.314. The zero-order valence-electron chi connectivity index (χ0n) is 17.0. The molecule has 0 aliphatic carbocycles. The van der Waals surface area contributed by atoms with Crippen LogP contribution in [0.1, 0.15) is 18.3 Å². The highest BCUT2D eigenvalue weighted by molar-refractivity contribution is 7.89. The summed E-state index contributed by atoms with van der Waals surface area (Å²) in [5, 5.41) is 21.1. The number of anilines is 1. The number of sulfonamides is 1. The van der Waals surface area contributed by atoms with Gasteiger partial charge in [0.1, 0.15) is 5.69 Å². The van der Waals surface area contributed by atoms with Crippen LogP contribution in [-0.4, -0.2) is 34.1 Å². The highest BCUT2D eigenvalue weighted by Crippen LogP contribution is 2.26. The van der Waals surface area contributed by atoms with Crippen LogP contribution in [0.15, 0.2) is 63.9 Å². The molecule has 0 saturated heterocycles. The summed E-state index contributed by atoms with van der Waals surface area (Å²) in [5.74, 6) is 0. The van der Waals surface area contributed by atoms with Crippen LogP contribution in [0.4, 0.5) is 5.13 Å². The molecule has 0 saturated carbocycles. The molecule has 9 nitrogen and oxygen atoms in total. The van der Waals surface area contributed by atoms with E-state index in [1.165, 1.54) is 23.5 Å². The second-order valence-corrected chi connectivity index (χ2v) is 9.68. The van der Waals surface area contributed by atoms with Crippen molar-refractivity contribution in [3.8, 4) is 16.9 Å². The van der Waals surface area contributed by atoms with E-state index in [1.54, 1.807) is 16.8 Å². The highest BCUT2D eigenvalue weighted by atomic mass is 35.5. The molecule has 0 aliphatic heterocycles. The van der Waals surface area contributed by atoms with Gasteiger partial charge in [-0.05, 0) is 50.2 Å². The van der Waals surface area contributed by atoms with E-state index in [4.69, 9.17) is 16.7 Å². The number of hydrogen-bond acceptors (Lipinski definition) is 8. The van der Waals surface area contributed by atoms with Gasteiger partial charge in [-0.3, -0.25) is 5.43 Å². The number of nitrogens with one attached hydrogen (secondary N) is 1. The van der Waals surface area contributed by atoms with Crippen LogP contribution < -0.4 is 10.6 Å². The maximum atomic E-state index is 11.4. The molecule has 0 unspecified atom stereocenters. The van der Waals surface area contributed by atoms with E-state index < -0.39 is 10.0 Å². The second kappa shape index (κ2) is 8.79. The molecule has 4 aromatic rings. The maximum Gasteiger partial charge on any atom is 0.238 e. The molecule has 4 rings (SSSR count). The first-order chi connectivity index (χ1) is 15.2. The second-order valence-electron chi connectivity index (χ2n) is 6.83. The van der Waals surface area contributed by atoms with E-state index in [-0.39, 0.29) is 4.90 Å². The molecule has 164 valence electrons. The zero-order valence-corrected chi connectivity index (χ0v) is 19.4. The SMILES string of the molecule is C/C(=N\Nc1nc(-c2ccc(Cl)cc2)cs1)c1nnn(-c2ccc(S(N)(=O)=O)cc2)c1C. The van der Waals surface area contributed by atoms with E-state index in [9.17, 15) is 8.42 Å². The smallest absolute Gasteiger partial charge is 0.238 e. The molecule has 3 N–H and O–H groups in total. The Balaban J connectivity index is 1.51. The Labute approximate surface area is 193 Å². The van der Waals surface area contributed by atoms with Crippen molar-refractivity contribution in [2.24, 2.45) is 10.2 Å². The van der Waals surface area contributed by atoms with Gasteiger partial charge in [0, 0.05) is 16.0 Å². The Bertz CT molecular complexity index is 1390. The van der Waals surface area contributed by atoms with Crippen LogP contribution in [-0.2, 0) is 10.0 Å². The fourth-order valence-corrected chi connectivity index (χ4v) is 4.25. The number of aromatic nitrogens is 4. The van der Waals surface area contributed by atoms with Gasteiger partial charge in [0.05, 0.1) is 27.7 Å². The Kier molecular flexibility index (Phi) is 6.07. The summed E-state index contributed by atoms with van der Waals surface area (Å²) in [6.07, 6.45) is 0. The minimum absolute atomic E-state index is 0.0302. The first-order valence-corrected chi connectivity index (χ1v) is 12.1. The molecule has 2 aromatic carbocycles. The van der Waals surface area contributed by atoms with Crippen molar-refractivity contribution in [1.29, 1.82) is 0 Å². The minimum atomic E-state index is -3.76. The molecule has 0 amide bonds. The average molecular weight is 488 g/mol. The third kappa shape index (κ3) is 4.70. The van der Waals surface area contributed by atoms with E-state index in [1.807, 2.05) is 43.5 Å². The summed E-state index contributed by atoms with van der Waals surface area (Å²) in [7, 11) is -3.76. The molecular weight excluding hydrogens is 470 g/mol. The van der Waals surface area contributed by atoms with E-state index in [0.717, 1.165) is 17.0 Å². The summed E-state index contributed by atoms with van der Waals surface area (Å²) >= 11 is 7.37. The van der Waals surface area contributed by atoms with Crippen molar-refractivity contribution >= 4 is 43.8 Å². The van der Waals surface area contributed by atoms with Crippen molar-refractivity contribution in [3.05, 3.63) is 70.3 Å². The zero-order chi connectivity index (χ0) is 22.9. The molecule has 32 heavy (non-hydrogen) atoms. The first-order valence-electron chi connectivity index (χ1n) is 9.30. The monoisotopic (exact) mass is 487 g/mol. The van der Waals surface area contributed by atoms with Crippen molar-refractivity contribution in [3.63, 3.8) is 0 Å². The first kappa shape index (κ1) is 22.1. The molecule has 0 spiro atoms. The van der Waals surface area contributed by atoms with Gasteiger partial charge in [-0.25, -0.2) is 23.2 Å². The van der Waals surface area contributed by atoms with Crippen molar-refractivity contribution in [1.82, 2.24) is 20.0 Å². The third-order valence-corrected chi connectivity index (χ3v) is 6.54. The number of hydrazone groups is 1. The van der Waals surface area contributed by atoms with Crippen LogP contribution in [0.2, 0.25) is 5.02 Å². The molecule has 0 bridgehead atoms. The molecule has 2 aromatic heterocycles. The van der Waals surface area contributed by atoms with Gasteiger partial charge < -0.3 is 0 Å². The van der Waals surface area contributed by atoms with Gasteiger partial charge in [-0.1, -0.05) is 28.9 Å². The topological polar surface area (TPSA) is 128 Å². The lowest BCUT2D eigenvalue weighted by Gasteiger charge is -2.05. The standard InChI is InChI=1S/C20H18ClN7O2S2/c1-12(24-26-20-23-18(11-31-20)14-3-5-15(21)6-4-14)19-13(2)28(27-25-19)16-7-9-17(10-8-16)32(22,29)30/h3-11H,1-2H3,(H,23,26)(H2,22,29,30)/b24-12+. The molecule has 0 aliphatic rings. The van der Waals surface area contributed by atoms with Gasteiger partial charge in [-0.15, -0.1) is 16.4 Å². The van der Waals surface area contributed by atoms with Gasteiger partial charge in [-0.2, -0.15) is 5.10 Å². The van der Waals surface area contributed by atoms with Crippen LogP contribution in [0.25, 0.3) is 16.9 Å². The molecule has 0 fully saturated rings. The number of nitrogens with zero attached hydrogens (tertiary/aromatic N) is 5. The number of hydrogen-bond donors (Lipinski definition) is 2. The van der Waals surface area contributed by atoms with Crippen molar-refractivity contribution in [2.45, 2.75) is 18.7 Å². The van der Waals surface area contributed by atoms with Gasteiger partial charge in [0.15, 0.2) is 0 Å². The van der Waals surface area contributed by atoms with E-state index in [0.29, 0.717) is 27.2 Å². The summed E-state index contributed by atoms with van der Waals surface area (Å²) in [6.45, 7) is 3.66. The molecular formula is C20H18ClN7O2S2. The Morgan fingerprint density at radius 3 is 2.50 bits per heavy atom. The number of nitrogens with two attached hydrogens (primary N) is 1. The Morgan fingerprint density at radius 1 is 1.16 bits per heavy atom. The fraction of sp³-hybridized carbons (Fsp3) is 0.100. The average Bonchev–Trinajstić information content (AvgIpc) is 3.39. The number of primary sulfonamides is 1. The van der Waals surface area contributed by atoms with Gasteiger partial charge in [0.2, 0.25) is 15.2 Å². The van der Waals surface area contributed by atoms with Crippen molar-refractivity contribution in [2.75, 3.05) is 5.43 Å². The fourth-order valence-electron chi connectivity index (χ4n) is 2.95. The predicted octanol–water partition coefficient (Wildman–Crippen LogP) is 3.84. The largest absolute Gasteiger partial charge is 0.252 e. The Hall–Kier alpha value is -3.12. The molecule has 2 heterocycles. The predicted molar refractivity (Wildman–Crippen MR) is 126 cm³/mol. The van der Waals surface area contributed by atoms with Crippen LogP contribution in [0.3, 0.4) is 0 Å². The molecule has 0 atom stereocenters. The summed E-state index contributed by atoms with van der Waals surface area (Å²) in [6, 6.07) is 13.5. The number of halogens is 1. The van der Waals surface area contributed by atoms with Crippen molar-refractivity contribution < 1.29 is 8.42 Å². The normalized spacial score (nSPS) is 12.2. The van der Waals surface area contributed by atoms with Gasteiger partial charge >= 0.3 is 0 Å². The summed E-state index contributed by atoms with van der Waals surface area (Å²) < 4.78 is 24.5. The molecule has 0 radical (unpaired) electrons. The van der Waals surface area contributed by atoms with Crippen LogP contribution in [0, 0.1) is 6.92 Å². The summed E-state index contributed by atoms with van der Waals surface area (Å²) in [5.41, 5.74) is 7.37. The number of rotatable bonds is 6. The van der Waals surface area contributed by atoms with E-state index in [2.05, 4.69) is 25.8 Å². The number of thiazole rings is 1. The van der Waals surface area contributed by atoms with Crippen LogP contribution in [0.5, 0.6) is 0 Å². The maximum absolute atomic E-state index is 11.4. The lowest BCUT2D eigenvalue weighted by molar-refractivity contribution is 0.597. The molecule has 12 heteroatoms. The lowest BCUT2D eigenvalue weighted by Crippen LogP contribution is -2.12.